The Kier molecular flexibility index (Phi) is 54.5. The number of aliphatic hydroxyl groups is 1. The molecule has 21 heavy (non-hydrogen) atoms. The zero-order chi connectivity index (χ0) is 18.3. The third kappa shape index (κ3) is 23.8. The molecule has 0 aromatic rings. The van der Waals surface area contributed by atoms with Crippen LogP contribution in [-0.2, 0) is 4.74 Å². The topological polar surface area (TPSA) is 29.5 Å². The molecular weight excluding hydrogens is 260 g/mol. The molecule has 2 heteroatoms. The second kappa shape index (κ2) is 36.2. The van der Waals surface area contributed by atoms with Gasteiger partial charge in [-0.05, 0) is 19.4 Å². The Morgan fingerprint density at radius 2 is 1.38 bits per heavy atom. The van der Waals surface area contributed by atoms with Gasteiger partial charge in [0.1, 0.15) is 5.76 Å². The first kappa shape index (κ1) is 31.6. The summed E-state index contributed by atoms with van der Waals surface area (Å²) in [5.74, 6) is 0.459. The average molecular weight is 299 g/mol. The summed E-state index contributed by atoms with van der Waals surface area (Å²) in [5, 5.41) is 8.93. The highest BCUT2D eigenvalue weighted by Crippen LogP contribution is 2.17. The van der Waals surface area contributed by atoms with Crippen molar-refractivity contribution in [3.8, 4) is 0 Å². The number of rotatable bonds is 4. The molecule has 0 bridgehead atoms. The van der Waals surface area contributed by atoms with Gasteiger partial charge in [-0.15, -0.1) is 13.2 Å². The lowest BCUT2D eigenvalue weighted by molar-refractivity contribution is 0.300. The fraction of sp³-hybridized carbons (Fsp3) is 0.474. The highest BCUT2D eigenvalue weighted by Gasteiger charge is 2.03. The van der Waals surface area contributed by atoms with E-state index in [1.165, 1.54) is 7.11 Å². The monoisotopic (exact) mass is 298 g/mol. The summed E-state index contributed by atoms with van der Waals surface area (Å²) in [4.78, 5) is 0. The van der Waals surface area contributed by atoms with E-state index in [2.05, 4.69) is 19.7 Å². The third-order valence-electron chi connectivity index (χ3n) is 1.64. The van der Waals surface area contributed by atoms with E-state index in [4.69, 9.17) is 9.84 Å². The van der Waals surface area contributed by atoms with E-state index in [-0.39, 0.29) is 0 Å². The van der Waals surface area contributed by atoms with Crippen molar-refractivity contribution in [2.45, 2.75) is 55.4 Å². The second-order valence-electron chi connectivity index (χ2n) is 2.55. The molecule has 0 unspecified atom stereocenters. The molecule has 0 saturated heterocycles. The predicted octanol–water partition coefficient (Wildman–Crippen LogP) is 6.99. The van der Waals surface area contributed by atoms with Crippen molar-refractivity contribution < 1.29 is 9.84 Å². The minimum absolute atomic E-state index is 0.459. The van der Waals surface area contributed by atoms with Crippen LogP contribution in [0.5, 0.6) is 0 Å². The smallest absolute Gasteiger partial charge is 0.122 e. The fourth-order valence-corrected chi connectivity index (χ4v) is 0.834. The molecule has 0 saturated carbocycles. The summed E-state index contributed by atoms with van der Waals surface area (Å²) in [5.41, 5.74) is 1.52. The van der Waals surface area contributed by atoms with E-state index in [0.29, 0.717) is 11.3 Å². The Morgan fingerprint density at radius 1 is 1.00 bits per heavy atom. The molecule has 0 radical (unpaired) electrons. The van der Waals surface area contributed by atoms with E-state index >= 15 is 0 Å². The minimum atomic E-state index is 0.459. The van der Waals surface area contributed by atoms with Crippen molar-refractivity contribution in [2.75, 3.05) is 7.11 Å². The van der Waals surface area contributed by atoms with Crippen LogP contribution >= 0.6 is 0 Å². The molecule has 0 aliphatic rings. The van der Waals surface area contributed by atoms with Crippen LogP contribution in [0.15, 0.2) is 61.1 Å². The molecule has 0 amide bonds. The van der Waals surface area contributed by atoms with Crippen LogP contribution in [0, 0.1) is 0 Å². The van der Waals surface area contributed by atoms with Crippen LogP contribution in [0.25, 0.3) is 0 Å². The van der Waals surface area contributed by atoms with Gasteiger partial charge in [-0.2, -0.15) is 0 Å². The third-order valence-corrected chi connectivity index (χ3v) is 1.64. The van der Waals surface area contributed by atoms with Crippen LogP contribution in [0.1, 0.15) is 55.4 Å². The average Bonchev–Trinajstić information content (AvgIpc) is 2.60. The Labute approximate surface area is 134 Å². The van der Waals surface area contributed by atoms with Gasteiger partial charge in [0.25, 0.3) is 0 Å². The van der Waals surface area contributed by atoms with Gasteiger partial charge >= 0.3 is 0 Å². The van der Waals surface area contributed by atoms with E-state index in [1.54, 1.807) is 0 Å². The summed E-state index contributed by atoms with van der Waals surface area (Å²) in [6, 6.07) is 0. The number of allylic oxidation sites excluding steroid dienone is 4. The number of ether oxygens (including phenoxy) is 1. The Bertz CT molecular complexity index is 271. The molecule has 0 aliphatic carbocycles. The van der Waals surface area contributed by atoms with E-state index < -0.39 is 0 Å². The Balaban J connectivity index is -0.0000000912. The Morgan fingerprint density at radius 3 is 1.62 bits per heavy atom. The molecule has 126 valence electrons. The maximum Gasteiger partial charge on any atom is 0.122 e. The van der Waals surface area contributed by atoms with Gasteiger partial charge in [-0.25, -0.2) is 0 Å². The lowest BCUT2D eigenvalue weighted by atomic mass is 10.1. The Hall–Kier alpha value is -1.70. The van der Waals surface area contributed by atoms with Crippen LogP contribution in [0.2, 0.25) is 0 Å². The van der Waals surface area contributed by atoms with E-state index in [0.717, 1.165) is 11.8 Å². The van der Waals surface area contributed by atoms with Gasteiger partial charge in [-0.3, -0.25) is 0 Å². The molecule has 0 rings (SSSR count). The zero-order valence-electron chi connectivity index (χ0n) is 15.8. The maximum absolute atomic E-state index is 8.93. The minimum Gasteiger partial charge on any atom is -0.515 e. The summed E-state index contributed by atoms with van der Waals surface area (Å²) in [7, 11) is 1.52. The summed E-state index contributed by atoms with van der Waals surface area (Å²) >= 11 is 0. The lowest BCUT2D eigenvalue weighted by Crippen LogP contribution is -1.92. The second-order valence-corrected chi connectivity index (χ2v) is 2.55. The quantitative estimate of drug-likeness (QED) is 0.344. The molecule has 0 aromatic heterocycles. The zero-order valence-corrected chi connectivity index (χ0v) is 15.8. The fourth-order valence-electron chi connectivity index (χ4n) is 0.834. The molecule has 0 spiro atoms. The lowest BCUT2D eigenvalue weighted by Gasteiger charge is -2.07. The number of hydrogen-bond donors (Lipinski definition) is 1. The molecule has 0 heterocycles. The molecular formula is C19H38O2. The first-order valence-corrected chi connectivity index (χ1v) is 7.55. The van der Waals surface area contributed by atoms with Crippen molar-refractivity contribution >= 4 is 0 Å². The van der Waals surface area contributed by atoms with Crippen molar-refractivity contribution in [1.29, 1.82) is 0 Å². The van der Waals surface area contributed by atoms with Crippen LogP contribution < -0.4 is 0 Å². The first-order valence-electron chi connectivity index (χ1n) is 7.55. The molecule has 2 nitrogen and oxygen atoms in total. The number of hydrogen-bond acceptors (Lipinski definition) is 2. The molecule has 1 N–H and O–H groups in total. The molecule has 0 aliphatic heterocycles. The normalized spacial score (nSPS) is 9.38. The molecule has 0 atom stereocenters. The number of methoxy groups -OCH3 is 1. The van der Waals surface area contributed by atoms with Gasteiger partial charge < -0.3 is 9.84 Å². The highest BCUT2D eigenvalue weighted by atomic mass is 16.5. The SMILES string of the molecule is C=C.C=C(OC)C(=C\O)/C(C)=C\C=C/C.CC.CC.CC. The van der Waals surface area contributed by atoms with E-state index in [1.807, 2.05) is 73.6 Å². The maximum atomic E-state index is 8.93. The van der Waals surface area contributed by atoms with Crippen LogP contribution in [-0.4, -0.2) is 12.2 Å². The van der Waals surface area contributed by atoms with Crippen molar-refractivity contribution in [1.82, 2.24) is 0 Å². The predicted molar refractivity (Wildman–Crippen MR) is 101 cm³/mol. The van der Waals surface area contributed by atoms with Crippen molar-refractivity contribution in [3.05, 3.63) is 61.1 Å². The van der Waals surface area contributed by atoms with Gasteiger partial charge in [0, 0.05) is 0 Å². The molecule has 0 fully saturated rings. The van der Waals surface area contributed by atoms with E-state index in [9.17, 15) is 0 Å². The highest BCUT2D eigenvalue weighted by molar-refractivity contribution is 5.41. The number of aliphatic hydroxyl groups excluding tert-OH is 1. The van der Waals surface area contributed by atoms with Gasteiger partial charge in [0.15, 0.2) is 0 Å². The summed E-state index contributed by atoms with van der Waals surface area (Å²) in [6.45, 7) is 25.5. The molecule has 0 aromatic carbocycles. The van der Waals surface area contributed by atoms with Gasteiger partial charge in [0.05, 0.1) is 18.9 Å². The first-order chi connectivity index (χ1) is 10.2. The standard InChI is InChI=1S/C11H16O2.3C2H6.C2H4/c1-5-6-7-9(2)11(8-12)10(3)13-4;4*1-2/h5-8,12H,3H2,1-2,4H3;3*1-2H3;1-2H2/b6-5-,9-7-,11-8-;;;;. The summed E-state index contributed by atoms with van der Waals surface area (Å²) < 4.78 is 4.92. The van der Waals surface area contributed by atoms with Gasteiger partial charge in [-0.1, -0.05) is 66.3 Å². The van der Waals surface area contributed by atoms with Gasteiger partial charge in [0.2, 0.25) is 0 Å². The van der Waals surface area contributed by atoms with Crippen LogP contribution in [0.3, 0.4) is 0 Å². The summed E-state index contributed by atoms with van der Waals surface area (Å²) in [6.07, 6.45) is 6.68. The van der Waals surface area contributed by atoms with Crippen molar-refractivity contribution in [3.63, 3.8) is 0 Å². The van der Waals surface area contributed by atoms with Crippen molar-refractivity contribution in [2.24, 2.45) is 0 Å². The largest absolute Gasteiger partial charge is 0.515 e. The van der Waals surface area contributed by atoms with Crippen LogP contribution in [0.4, 0.5) is 0 Å².